The normalized spacial score (nSPS) is 18.7. The smallest absolute Gasteiger partial charge is 0.321 e. The van der Waals surface area contributed by atoms with Gasteiger partial charge in [-0.25, -0.2) is 4.79 Å². The molecule has 114 valence electrons. The fraction of sp³-hybridized carbons (Fsp3) is 0.692. The summed E-state index contributed by atoms with van der Waals surface area (Å²) in [6.45, 7) is 0. The molecule has 2 fully saturated rings. The van der Waals surface area contributed by atoms with Gasteiger partial charge in [-0.15, -0.1) is 10.2 Å². The number of nitrogens with zero attached hydrogens (tertiary/aromatic N) is 3. The maximum Gasteiger partial charge on any atom is 0.321 e. The molecular formula is C13H19N5O2S. The van der Waals surface area contributed by atoms with Crippen molar-refractivity contribution in [1.82, 2.24) is 25.4 Å². The summed E-state index contributed by atoms with van der Waals surface area (Å²) in [6, 6.07) is 0.302. The van der Waals surface area contributed by atoms with Gasteiger partial charge in [-0.05, 0) is 25.7 Å². The standard InChI is InChI=1S/C13H19N5O2S/c19-11(16-12(20)15-9-3-1-2-4-9)7-21-13-17-14-8-18(13)10-5-6-10/h8-10H,1-7H2,(H2,15,16,19,20). The van der Waals surface area contributed by atoms with Crippen molar-refractivity contribution in [1.29, 1.82) is 0 Å². The molecule has 0 unspecified atom stereocenters. The van der Waals surface area contributed by atoms with Crippen LogP contribution in [-0.2, 0) is 4.79 Å². The minimum absolute atomic E-state index is 0.170. The van der Waals surface area contributed by atoms with Crippen molar-refractivity contribution in [2.24, 2.45) is 0 Å². The molecule has 3 amide bonds. The van der Waals surface area contributed by atoms with Crippen LogP contribution in [-0.4, -0.2) is 38.5 Å². The Bertz CT molecular complexity index is 522. The highest BCUT2D eigenvalue weighted by atomic mass is 32.2. The zero-order chi connectivity index (χ0) is 14.7. The maximum atomic E-state index is 11.8. The number of thioether (sulfide) groups is 1. The molecule has 0 aromatic carbocycles. The maximum absolute atomic E-state index is 11.8. The second kappa shape index (κ2) is 6.46. The summed E-state index contributed by atoms with van der Waals surface area (Å²) in [6.07, 6.45) is 8.27. The van der Waals surface area contributed by atoms with Gasteiger partial charge < -0.3 is 9.88 Å². The molecule has 2 aliphatic carbocycles. The first-order valence-electron chi connectivity index (χ1n) is 7.35. The largest absolute Gasteiger partial charge is 0.335 e. The van der Waals surface area contributed by atoms with Gasteiger partial charge in [0.25, 0.3) is 0 Å². The molecule has 1 aromatic heterocycles. The zero-order valence-electron chi connectivity index (χ0n) is 11.7. The van der Waals surface area contributed by atoms with Crippen molar-refractivity contribution in [2.45, 2.75) is 55.8 Å². The van der Waals surface area contributed by atoms with Crippen LogP contribution in [0.1, 0.15) is 44.6 Å². The highest BCUT2D eigenvalue weighted by Crippen LogP contribution is 2.37. The first-order chi connectivity index (χ1) is 10.2. The van der Waals surface area contributed by atoms with Crippen LogP contribution in [0.25, 0.3) is 0 Å². The minimum Gasteiger partial charge on any atom is -0.335 e. The minimum atomic E-state index is -0.392. The molecule has 0 bridgehead atoms. The lowest BCUT2D eigenvalue weighted by atomic mass is 10.2. The quantitative estimate of drug-likeness (QED) is 0.804. The molecule has 0 atom stereocenters. The number of nitrogens with one attached hydrogen (secondary N) is 2. The lowest BCUT2D eigenvalue weighted by molar-refractivity contribution is -0.117. The fourth-order valence-electron chi connectivity index (χ4n) is 2.52. The van der Waals surface area contributed by atoms with Crippen LogP contribution in [0.3, 0.4) is 0 Å². The number of amides is 3. The highest BCUT2D eigenvalue weighted by Gasteiger charge is 2.26. The Morgan fingerprint density at radius 1 is 1.29 bits per heavy atom. The summed E-state index contributed by atoms with van der Waals surface area (Å²) < 4.78 is 2.00. The Morgan fingerprint density at radius 3 is 2.76 bits per heavy atom. The molecular weight excluding hydrogens is 290 g/mol. The van der Waals surface area contributed by atoms with Gasteiger partial charge in [0.15, 0.2) is 5.16 Å². The summed E-state index contributed by atoms with van der Waals surface area (Å²) in [5.41, 5.74) is 0. The summed E-state index contributed by atoms with van der Waals surface area (Å²) in [5.74, 6) is -0.135. The van der Waals surface area contributed by atoms with Crippen molar-refractivity contribution in [2.75, 3.05) is 5.75 Å². The Balaban J connectivity index is 1.41. The molecule has 0 radical (unpaired) electrons. The molecule has 3 rings (SSSR count). The molecule has 0 spiro atoms. The summed E-state index contributed by atoms with van der Waals surface area (Å²) >= 11 is 1.31. The van der Waals surface area contributed by atoms with E-state index in [1.165, 1.54) is 11.8 Å². The van der Waals surface area contributed by atoms with E-state index >= 15 is 0 Å². The number of carbonyl (C=O) groups excluding carboxylic acids is 2. The second-order valence-electron chi connectivity index (χ2n) is 5.54. The Kier molecular flexibility index (Phi) is 4.42. The van der Waals surface area contributed by atoms with E-state index in [0.717, 1.165) is 43.7 Å². The van der Waals surface area contributed by atoms with E-state index in [0.29, 0.717) is 6.04 Å². The molecule has 8 heteroatoms. The van der Waals surface area contributed by atoms with Crippen LogP contribution in [0, 0.1) is 0 Å². The monoisotopic (exact) mass is 309 g/mol. The third-order valence-corrected chi connectivity index (χ3v) is 4.71. The number of urea groups is 1. The van der Waals surface area contributed by atoms with E-state index in [1.807, 2.05) is 4.57 Å². The van der Waals surface area contributed by atoms with Gasteiger partial charge >= 0.3 is 6.03 Å². The van der Waals surface area contributed by atoms with E-state index in [2.05, 4.69) is 20.8 Å². The van der Waals surface area contributed by atoms with Crippen LogP contribution >= 0.6 is 11.8 Å². The molecule has 1 aromatic rings. The molecule has 7 nitrogen and oxygen atoms in total. The van der Waals surface area contributed by atoms with Crippen molar-refractivity contribution in [3.8, 4) is 0 Å². The van der Waals surface area contributed by atoms with Crippen LogP contribution in [0.15, 0.2) is 11.5 Å². The molecule has 2 N–H and O–H groups in total. The van der Waals surface area contributed by atoms with E-state index < -0.39 is 6.03 Å². The van der Waals surface area contributed by atoms with Crippen LogP contribution < -0.4 is 10.6 Å². The number of carbonyl (C=O) groups is 2. The molecule has 0 saturated heterocycles. The molecule has 1 heterocycles. The third kappa shape index (κ3) is 3.96. The Morgan fingerprint density at radius 2 is 2.05 bits per heavy atom. The molecule has 2 aliphatic rings. The predicted molar refractivity (Wildman–Crippen MR) is 77.9 cm³/mol. The number of imide groups is 1. The Labute approximate surface area is 127 Å². The molecule has 0 aliphatic heterocycles. The first-order valence-corrected chi connectivity index (χ1v) is 8.33. The number of aromatic nitrogens is 3. The van der Waals surface area contributed by atoms with E-state index in [-0.39, 0.29) is 17.7 Å². The lowest BCUT2D eigenvalue weighted by Gasteiger charge is -2.12. The topological polar surface area (TPSA) is 88.9 Å². The van der Waals surface area contributed by atoms with Gasteiger partial charge in [0, 0.05) is 12.1 Å². The average molecular weight is 309 g/mol. The number of hydrogen-bond donors (Lipinski definition) is 2. The van der Waals surface area contributed by atoms with Gasteiger partial charge in [-0.3, -0.25) is 10.1 Å². The van der Waals surface area contributed by atoms with Gasteiger partial charge in [0.05, 0.1) is 5.75 Å². The van der Waals surface area contributed by atoms with E-state index in [1.54, 1.807) is 6.33 Å². The SMILES string of the molecule is O=C(CSc1nncn1C1CC1)NC(=O)NC1CCCC1. The Hall–Kier alpha value is -1.57. The fourth-order valence-corrected chi connectivity index (χ4v) is 3.31. The summed E-state index contributed by atoms with van der Waals surface area (Å²) in [4.78, 5) is 23.4. The average Bonchev–Trinajstić information content (AvgIpc) is 2.98. The van der Waals surface area contributed by atoms with Crippen LogP contribution in [0.5, 0.6) is 0 Å². The van der Waals surface area contributed by atoms with Gasteiger partial charge in [0.1, 0.15) is 6.33 Å². The van der Waals surface area contributed by atoms with Gasteiger partial charge in [-0.2, -0.15) is 0 Å². The predicted octanol–water partition coefficient (Wildman–Crippen LogP) is 1.47. The second-order valence-corrected chi connectivity index (χ2v) is 6.49. The van der Waals surface area contributed by atoms with Crippen molar-refractivity contribution in [3.63, 3.8) is 0 Å². The van der Waals surface area contributed by atoms with Crippen LogP contribution in [0.2, 0.25) is 0 Å². The zero-order valence-corrected chi connectivity index (χ0v) is 12.6. The first kappa shape index (κ1) is 14.4. The van der Waals surface area contributed by atoms with Gasteiger partial charge in [-0.1, -0.05) is 24.6 Å². The summed E-state index contributed by atoms with van der Waals surface area (Å²) in [5, 5.41) is 13.8. The van der Waals surface area contributed by atoms with Crippen molar-refractivity contribution < 1.29 is 9.59 Å². The molecule has 2 saturated carbocycles. The number of rotatable bonds is 5. The van der Waals surface area contributed by atoms with Gasteiger partial charge in [0.2, 0.25) is 5.91 Å². The van der Waals surface area contributed by atoms with E-state index in [9.17, 15) is 9.59 Å². The van der Waals surface area contributed by atoms with Crippen molar-refractivity contribution >= 4 is 23.7 Å². The third-order valence-electron chi connectivity index (χ3n) is 3.76. The number of hydrogen-bond acceptors (Lipinski definition) is 5. The molecule has 21 heavy (non-hydrogen) atoms. The lowest BCUT2D eigenvalue weighted by Crippen LogP contribution is -2.44. The van der Waals surface area contributed by atoms with E-state index in [4.69, 9.17) is 0 Å². The van der Waals surface area contributed by atoms with Crippen LogP contribution in [0.4, 0.5) is 4.79 Å². The van der Waals surface area contributed by atoms with Crippen molar-refractivity contribution in [3.05, 3.63) is 6.33 Å². The highest BCUT2D eigenvalue weighted by molar-refractivity contribution is 7.99. The summed E-state index contributed by atoms with van der Waals surface area (Å²) in [7, 11) is 0.